The summed E-state index contributed by atoms with van der Waals surface area (Å²) in [6.45, 7) is 13.3. The van der Waals surface area contributed by atoms with Crippen molar-refractivity contribution in [2.24, 2.45) is 0 Å². The number of rotatable bonds is 7. The van der Waals surface area contributed by atoms with E-state index in [0.717, 1.165) is 19.5 Å². The van der Waals surface area contributed by atoms with Crippen LogP contribution in [0.1, 0.15) is 51.7 Å². The molecule has 0 radical (unpaired) electrons. The molecule has 2 heteroatoms. The molecule has 1 N–H and O–H groups in total. The second kappa shape index (κ2) is 6.95. The maximum Gasteiger partial charge on any atom is 0.0370 e. The van der Waals surface area contributed by atoms with E-state index in [2.05, 4.69) is 70.1 Å². The van der Waals surface area contributed by atoms with Crippen LogP contribution in [-0.4, -0.2) is 19.1 Å². The highest BCUT2D eigenvalue weighted by atomic mass is 15.2. The molecule has 0 aliphatic carbocycles. The summed E-state index contributed by atoms with van der Waals surface area (Å²) in [6.07, 6.45) is 2.33. The molecule has 19 heavy (non-hydrogen) atoms. The summed E-state index contributed by atoms with van der Waals surface area (Å²) in [5.41, 5.74) is 4.29. The van der Waals surface area contributed by atoms with Gasteiger partial charge in [-0.2, -0.15) is 0 Å². The molecule has 1 rings (SSSR count). The Bertz CT molecular complexity index is 396. The molecule has 0 spiro atoms. The van der Waals surface area contributed by atoms with Gasteiger partial charge in [0.25, 0.3) is 0 Å². The summed E-state index contributed by atoms with van der Waals surface area (Å²) in [6, 6.07) is 6.81. The molecule has 0 heterocycles. The van der Waals surface area contributed by atoms with Crippen LogP contribution < -0.4 is 10.2 Å². The predicted molar refractivity (Wildman–Crippen MR) is 85.9 cm³/mol. The minimum absolute atomic E-state index is 0.203. The molecule has 0 saturated carbocycles. The van der Waals surface area contributed by atoms with Crippen LogP contribution in [0.3, 0.4) is 0 Å². The van der Waals surface area contributed by atoms with E-state index in [1.165, 1.54) is 23.2 Å². The summed E-state index contributed by atoms with van der Waals surface area (Å²) >= 11 is 0. The molecule has 0 unspecified atom stereocenters. The minimum atomic E-state index is 0.203. The summed E-state index contributed by atoms with van der Waals surface area (Å²) < 4.78 is 0. The van der Waals surface area contributed by atoms with Gasteiger partial charge in [-0.1, -0.05) is 19.9 Å². The van der Waals surface area contributed by atoms with Gasteiger partial charge in [0.15, 0.2) is 0 Å². The second-order valence-corrected chi connectivity index (χ2v) is 6.01. The lowest BCUT2D eigenvalue weighted by Crippen LogP contribution is -2.40. The molecule has 1 aromatic rings. The highest BCUT2D eigenvalue weighted by molar-refractivity contribution is 5.52. The van der Waals surface area contributed by atoms with Crippen molar-refractivity contribution in [3.8, 4) is 0 Å². The fourth-order valence-corrected chi connectivity index (χ4v) is 2.07. The molecule has 0 saturated heterocycles. The molecular formula is C17H30N2. The van der Waals surface area contributed by atoms with Crippen LogP contribution >= 0.6 is 0 Å². The van der Waals surface area contributed by atoms with Crippen LogP contribution in [0, 0.1) is 6.92 Å². The molecule has 0 atom stereocenters. The zero-order valence-corrected chi connectivity index (χ0v) is 13.5. The van der Waals surface area contributed by atoms with E-state index in [4.69, 9.17) is 0 Å². The highest BCUT2D eigenvalue weighted by Gasteiger charge is 2.21. The Morgan fingerprint density at radius 1 is 1.21 bits per heavy atom. The molecule has 0 amide bonds. The molecule has 0 aliphatic rings. The lowest BCUT2D eigenvalue weighted by atomic mass is 9.98. The number of aryl methyl sites for hydroxylation is 1. The Balaban J connectivity index is 2.81. The summed E-state index contributed by atoms with van der Waals surface area (Å²) in [5, 5.41) is 3.47. The molecular weight excluding hydrogens is 232 g/mol. The number of benzene rings is 1. The van der Waals surface area contributed by atoms with Crippen molar-refractivity contribution in [1.82, 2.24) is 5.32 Å². The first kappa shape index (κ1) is 16.0. The Morgan fingerprint density at radius 2 is 1.89 bits per heavy atom. The fraction of sp³-hybridized carbons (Fsp3) is 0.647. The fourth-order valence-electron chi connectivity index (χ4n) is 2.07. The first-order valence-corrected chi connectivity index (χ1v) is 7.46. The Labute approximate surface area is 119 Å². The second-order valence-electron chi connectivity index (χ2n) is 6.01. The first-order chi connectivity index (χ1) is 8.92. The molecule has 0 fully saturated rings. The predicted octanol–water partition coefficient (Wildman–Crippen LogP) is 4.12. The Hall–Kier alpha value is -1.02. The van der Waals surface area contributed by atoms with Gasteiger partial charge in [0.05, 0.1) is 0 Å². The number of nitrogens with zero attached hydrogens (tertiary/aromatic N) is 1. The van der Waals surface area contributed by atoms with E-state index < -0.39 is 0 Å². The number of hydrogen-bond donors (Lipinski definition) is 1. The lowest BCUT2D eigenvalue weighted by molar-refractivity contribution is 0.470. The van der Waals surface area contributed by atoms with Crippen LogP contribution in [0.5, 0.6) is 0 Å². The average molecular weight is 262 g/mol. The Kier molecular flexibility index (Phi) is 5.86. The van der Waals surface area contributed by atoms with Crippen LogP contribution in [0.25, 0.3) is 0 Å². The van der Waals surface area contributed by atoms with E-state index in [1.54, 1.807) is 0 Å². The summed E-state index contributed by atoms with van der Waals surface area (Å²) in [5.74, 6) is 0. The van der Waals surface area contributed by atoms with Gasteiger partial charge in [-0.05, 0) is 63.4 Å². The van der Waals surface area contributed by atoms with Crippen molar-refractivity contribution in [3.05, 3.63) is 29.3 Å². The molecule has 0 bridgehead atoms. The quantitative estimate of drug-likeness (QED) is 0.744. The van der Waals surface area contributed by atoms with Gasteiger partial charge in [0, 0.05) is 24.8 Å². The topological polar surface area (TPSA) is 15.3 Å². The van der Waals surface area contributed by atoms with E-state index in [-0.39, 0.29) is 5.54 Å². The van der Waals surface area contributed by atoms with Crippen molar-refractivity contribution in [2.45, 2.75) is 59.5 Å². The molecule has 0 aromatic heterocycles. The first-order valence-electron chi connectivity index (χ1n) is 7.46. The van der Waals surface area contributed by atoms with Crippen molar-refractivity contribution in [3.63, 3.8) is 0 Å². The average Bonchev–Trinajstić information content (AvgIpc) is 2.40. The lowest BCUT2D eigenvalue weighted by Gasteiger charge is -2.37. The van der Waals surface area contributed by atoms with E-state index in [1.807, 2.05) is 0 Å². The number of anilines is 1. The smallest absolute Gasteiger partial charge is 0.0370 e. The number of nitrogens with one attached hydrogen (secondary N) is 1. The van der Waals surface area contributed by atoms with E-state index in [0.29, 0.717) is 0 Å². The third-order valence-corrected chi connectivity index (χ3v) is 4.23. The third-order valence-electron chi connectivity index (χ3n) is 4.23. The van der Waals surface area contributed by atoms with E-state index in [9.17, 15) is 0 Å². The van der Waals surface area contributed by atoms with Gasteiger partial charge in [0.2, 0.25) is 0 Å². The minimum Gasteiger partial charge on any atom is -0.369 e. The molecule has 108 valence electrons. The van der Waals surface area contributed by atoms with E-state index >= 15 is 0 Å². The van der Waals surface area contributed by atoms with Crippen LogP contribution in [0.4, 0.5) is 5.69 Å². The maximum absolute atomic E-state index is 3.47. The zero-order valence-electron chi connectivity index (χ0n) is 13.5. The van der Waals surface area contributed by atoms with Gasteiger partial charge < -0.3 is 10.2 Å². The Morgan fingerprint density at radius 3 is 2.42 bits per heavy atom. The standard InChI is InChI=1S/C17H30N2/c1-7-11-18-13-15-9-10-16(12-14(15)3)19(6)17(4,5)8-2/h9-10,12,18H,7-8,11,13H2,1-6H3. The van der Waals surface area contributed by atoms with Crippen LogP contribution in [0.2, 0.25) is 0 Å². The van der Waals surface area contributed by atoms with Crippen molar-refractivity contribution < 1.29 is 0 Å². The SMILES string of the molecule is CCCNCc1ccc(N(C)C(C)(C)CC)cc1C. The van der Waals surface area contributed by atoms with Gasteiger partial charge in [-0.15, -0.1) is 0 Å². The largest absolute Gasteiger partial charge is 0.369 e. The van der Waals surface area contributed by atoms with Crippen molar-refractivity contribution >= 4 is 5.69 Å². The van der Waals surface area contributed by atoms with Crippen LogP contribution in [-0.2, 0) is 6.54 Å². The monoisotopic (exact) mass is 262 g/mol. The van der Waals surface area contributed by atoms with Gasteiger partial charge in [-0.3, -0.25) is 0 Å². The zero-order chi connectivity index (χ0) is 14.5. The van der Waals surface area contributed by atoms with Crippen molar-refractivity contribution in [2.75, 3.05) is 18.5 Å². The van der Waals surface area contributed by atoms with Crippen molar-refractivity contribution in [1.29, 1.82) is 0 Å². The van der Waals surface area contributed by atoms with Gasteiger partial charge >= 0.3 is 0 Å². The maximum atomic E-state index is 3.47. The normalized spacial score (nSPS) is 11.7. The summed E-state index contributed by atoms with van der Waals surface area (Å²) in [4.78, 5) is 2.38. The third kappa shape index (κ3) is 4.24. The van der Waals surface area contributed by atoms with Gasteiger partial charge in [0.1, 0.15) is 0 Å². The summed E-state index contributed by atoms with van der Waals surface area (Å²) in [7, 11) is 2.19. The van der Waals surface area contributed by atoms with Crippen LogP contribution in [0.15, 0.2) is 18.2 Å². The van der Waals surface area contributed by atoms with Gasteiger partial charge in [-0.25, -0.2) is 0 Å². The molecule has 1 aromatic carbocycles. The molecule has 0 aliphatic heterocycles. The molecule has 2 nitrogen and oxygen atoms in total. The highest BCUT2D eigenvalue weighted by Crippen LogP contribution is 2.26. The number of hydrogen-bond acceptors (Lipinski definition) is 2.